The van der Waals surface area contributed by atoms with Crippen LogP contribution in [0.3, 0.4) is 0 Å². The second-order valence-electron chi connectivity index (χ2n) is 3.96. The Morgan fingerprint density at radius 2 is 2.25 bits per heavy atom. The fourth-order valence-electron chi connectivity index (χ4n) is 1.78. The highest BCUT2D eigenvalue weighted by Crippen LogP contribution is 2.26. The van der Waals surface area contributed by atoms with E-state index in [1.807, 2.05) is 24.3 Å². The van der Waals surface area contributed by atoms with Crippen LogP contribution < -0.4 is 0 Å². The van der Waals surface area contributed by atoms with E-state index >= 15 is 0 Å². The quantitative estimate of drug-likeness (QED) is 0.786. The summed E-state index contributed by atoms with van der Waals surface area (Å²) in [6.45, 7) is 0. The zero-order valence-corrected chi connectivity index (χ0v) is 12.4. The molecule has 0 unspecified atom stereocenters. The molecule has 1 aromatic carbocycles. The van der Waals surface area contributed by atoms with Gasteiger partial charge in [-0.25, -0.2) is 14.5 Å². The van der Waals surface area contributed by atoms with E-state index in [-0.39, 0.29) is 5.56 Å². The number of carboxylic acid groups (broad SMARTS) is 1. The van der Waals surface area contributed by atoms with Crippen LogP contribution in [0.4, 0.5) is 0 Å². The van der Waals surface area contributed by atoms with Gasteiger partial charge in [0.1, 0.15) is 16.3 Å². The number of halogens is 1. The normalized spacial score (nSPS) is 10.7. The van der Waals surface area contributed by atoms with Gasteiger partial charge in [0.15, 0.2) is 0 Å². The van der Waals surface area contributed by atoms with E-state index in [0.29, 0.717) is 10.7 Å². The van der Waals surface area contributed by atoms with E-state index in [1.54, 1.807) is 16.3 Å². The zero-order valence-electron chi connectivity index (χ0n) is 10.0. The van der Waals surface area contributed by atoms with Crippen LogP contribution in [0.2, 0.25) is 0 Å². The fourth-order valence-corrected chi connectivity index (χ4v) is 2.80. The molecule has 3 rings (SSSR count). The van der Waals surface area contributed by atoms with Crippen molar-refractivity contribution in [3.63, 3.8) is 0 Å². The Balaban J connectivity index is 2.15. The van der Waals surface area contributed by atoms with Crippen LogP contribution in [-0.2, 0) is 0 Å². The number of hydrogen-bond acceptors (Lipinski definition) is 4. The van der Waals surface area contributed by atoms with Crippen LogP contribution in [0.5, 0.6) is 0 Å². The molecule has 0 aliphatic rings. The Bertz CT molecular complexity index is 768. The first-order valence-electron chi connectivity index (χ1n) is 5.64. The van der Waals surface area contributed by atoms with Crippen molar-refractivity contribution in [3.8, 4) is 16.4 Å². The third-order valence-corrected chi connectivity index (χ3v) is 3.93. The molecular formula is C13H8BrN3O2S. The first kappa shape index (κ1) is 13.0. The Hall–Kier alpha value is -1.99. The van der Waals surface area contributed by atoms with Gasteiger partial charge in [0.25, 0.3) is 0 Å². The van der Waals surface area contributed by atoms with Crippen molar-refractivity contribution in [1.29, 1.82) is 0 Å². The molecule has 3 aromatic rings. The number of benzene rings is 1. The summed E-state index contributed by atoms with van der Waals surface area (Å²) in [5, 5.41) is 16.0. The second kappa shape index (κ2) is 5.18. The summed E-state index contributed by atoms with van der Waals surface area (Å²) in [5.74, 6) is -1.02. The number of aromatic nitrogens is 3. The van der Waals surface area contributed by atoms with Crippen molar-refractivity contribution in [2.24, 2.45) is 0 Å². The van der Waals surface area contributed by atoms with Crippen LogP contribution in [0.15, 0.2) is 46.5 Å². The Morgan fingerprint density at radius 3 is 2.90 bits per heavy atom. The molecule has 20 heavy (non-hydrogen) atoms. The number of hydrogen-bond donors (Lipinski definition) is 1. The lowest BCUT2D eigenvalue weighted by Gasteiger charge is -2.00. The van der Waals surface area contributed by atoms with E-state index in [9.17, 15) is 9.90 Å². The Morgan fingerprint density at radius 1 is 1.40 bits per heavy atom. The molecule has 0 bridgehead atoms. The molecule has 0 saturated carbocycles. The molecule has 1 N–H and O–H groups in total. The molecule has 0 saturated heterocycles. The summed E-state index contributed by atoms with van der Waals surface area (Å²) in [4.78, 5) is 15.5. The summed E-state index contributed by atoms with van der Waals surface area (Å²) in [6.07, 6.45) is 3.13. The van der Waals surface area contributed by atoms with Gasteiger partial charge >= 0.3 is 5.97 Å². The number of carboxylic acids is 1. The van der Waals surface area contributed by atoms with Gasteiger partial charge in [-0.3, -0.25) is 0 Å². The largest absolute Gasteiger partial charge is 0.478 e. The van der Waals surface area contributed by atoms with Crippen LogP contribution in [0.25, 0.3) is 16.4 Å². The highest BCUT2D eigenvalue weighted by molar-refractivity contribution is 9.10. The summed E-state index contributed by atoms with van der Waals surface area (Å²) >= 11 is 4.74. The van der Waals surface area contributed by atoms with Gasteiger partial charge in [0, 0.05) is 22.2 Å². The molecule has 100 valence electrons. The molecule has 7 heteroatoms. The van der Waals surface area contributed by atoms with Crippen molar-refractivity contribution < 1.29 is 9.90 Å². The van der Waals surface area contributed by atoms with E-state index < -0.39 is 5.97 Å². The second-order valence-corrected chi connectivity index (χ2v) is 5.77. The van der Waals surface area contributed by atoms with Gasteiger partial charge in [-0.15, -0.1) is 11.3 Å². The lowest BCUT2D eigenvalue weighted by molar-refractivity contribution is 0.0697. The van der Waals surface area contributed by atoms with Crippen molar-refractivity contribution >= 4 is 33.2 Å². The van der Waals surface area contributed by atoms with E-state index in [4.69, 9.17) is 0 Å². The zero-order chi connectivity index (χ0) is 14.1. The van der Waals surface area contributed by atoms with Gasteiger partial charge < -0.3 is 5.11 Å². The number of aromatic carboxylic acids is 1. The smallest absolute Gasteiger partial charge is 0.339 e. The number of thiazole rings is 1. The van der Waals surface area contributed by atoms with Crippen molar-refractivity contribution in [2.75, 3.05) is 0 Å². The van der Waals surface area contributed by atoms with Crippen LogP contribution in [0.1, 0.15) is 10.4 Å². The summed E-state index contributed by atoms with van der Waals surface area (Å²) in [6, 6.07) is 7.48. The molecule has 2 heterocycles. The number of nitrogens with zero attached hydrogens (tertiary/aromatic N) is 3. The molecule has 0 aliphatic carbocycles. The van der Waals surface area contributed by atoms with E-state index in [0.717, 1.165) is 10.2 Å². The first-order chi connectivity index (χ1) is 9.65. The van der Waals surface area contributed by atoms with Crippen molar-refractivity contribution in [1.82, 2.24) is 14.8 Å². The molecule has 0 atom stereocenters. The molecular weight excluding hydrogens is 342 g/mol. The highest BCUT2D eigenvalue weighted by Gasteiger charge is 2.19. The maximum atomic E-state index is 11.3. The monoisotopic (exact) mass is 349 g/mol. The Labute approximate surface area is 126 Å². The lowest BCUT2D eigenvalue weighted by Crippen LogP contribution is -1.96. The van der Waals surface area contributed by atoms with Gasteiger partial charge in [-0.05, 0) is 18.2 Å². The van der Waals surface area contributed by atoms with Crippen molar-refractivity contribution in [2.45, 2.75) is 0 Å². The average Bonchev–Trinajstić information content (AvgIpc) is 3.08. The molecule has 0 amide bonds. The van der Waals surface area contributed by atoms with Crippen molar-refractivity contribution in [3.05, 3.63) is 52.1 Å². The minimum Gasteiger partial charge on any atom is -0.478 e. The SMILES string of the molecule is O=C(O)c1cn(-c2cccc(Br)c2)nc1-c1nccs1. The van der Waals surface area contributed by atoms with Gasteiger partial charge in [0.2, 0.25) is 0 Å². The number of rotatable bonds is 3. The van der Waals surface area contributed by atoms with Gasteiger partial charge in [-0.2, -0.15) is 5.10 Å². The van der Waals surface area contributed by atoms with Crippen LogP contribution >= 0.6 is 27.3 Å². The number of carbonyl (C=O) groups is 1. The van der Waals surface area contributed by atoms with Crippen LogP contribution in [-0.4, -0.2) is 25.8 Å². The fraction of sp³-hybridized carbons (Fsp3) is 0. The van der Waals surface area contributed by atoms with Gasteiger partial charge in [0.05, 0.1) is 5.69 Å². The molecule has 0 radical (unpaired) electrons. The first-order valence-corrected chi connectivity index (χ1v) is 7.31. The predicted molar refractivity (Wildman–Crippen MR) is 79.3 cm³/mol. The maximum Gasteiger partial charge on any atom is 0.339 e. The molecule has 2 aromatic heterocycles. The summed E-state index contributed by atoms with van der Waals surface area (Å²) < 4.78 is 2.45. The Kier molecular flexibility index (Phi) is 3.37. The molecule has 0 fully saturated rings. The van der Waals surface area contributed by atoms with Crippen LogP contribution in [0, 0.1) is 0 Å². The standard InChI is InChI=1S/C13H8BrN3O2S/c14-8-2-1-3-9(6-8)17-7-10(13(18)19)11(16-17)12-15-4-5-20-12/h1-7H,(H,18,19). The molecule has 0 aliphatic heterocycles. The maximum absolute atomic E-state index is 11.3. The van der Waals surface area contributed by atoms with E-state index in [1.165, 1.54) is 17.5 Å². The lowest BCUT2D eigenvalue weighted by atomic mass is 10.2. The summed E-state index contributed by atoms with van der Waals surface area (Å²) in [5.41, 5.74) is 1.30. The molecule has 0 spiro atoms. The summed E-state index contributed by atoms with van der Waals surface area (Å²) in [7, 11) is 0. The minimum absolute atomic E-state index is 0.139. The predicted octanol–water partition coefficient (Wildman–Crippen LogP) is 3.46. The van der Waals surface area contributed by atoms with Gasteiger partial charge in [-0.1, -0.05) is 22.0 Å². The van der Waals surface area contributed by atoms with E-state index in [2.05, 4.69) is 26.0 Å². The average molecular weight is 350 g/mol. The third kappa shape index (κ3) is 2.37. The topological polar surface area (TPSA) is 68.0 Å². The third-order valence-electron chi connectivity index (χ3n) is 2.65. The highest BCUT2D eigenvalue weighted by atomic mass is 79.9. The minimum atomic E-state index is -1.02. The molecule has 5 nitrogen and oxygen atoms in total.